The molecular formula is C16H22ClNO. The Bertz CT molecular complexity index is 427. The lowest BCUT2D eigenvalue weighted by Crippen LogP contribution is -2.51. The molecule has 1 heterocycles. The van der Waals surface area contributed by atoms with Crippen LogP contribution in [0.2, 0.25) is 5.02 Å². The lowest BCUT2D eigenvalue weighted by Gasteiger charge is -2.47. The summed E-state index contributed by atoms with van der Waals surface area (Å²) in [4.78, 5) is 0. The van der Waals surface area contributed by atoms with Crippen molar-refractivity contribution in [3.8, 4) is 0 Å². The molecule has 3 rings (SSSR count). The standard InChI is InChI=1S/C16H22ClNO/c1-12(13-3-5-14(17)6-4-13)18-15-7-10-19-16(11-15)8-2-9-16/h3-6,12,15,18H,2,7-11H2,1H3. The van der Waals surface area contributed by atoms with Gasteiger partial charge in [-0.1, -0.05) is 23.7 Å². The summed E-state index contributed by atoms with van der Waals surface area (Å²) in [5, 5.41) is 4.56. The van der Waals surface area contributed by atoms with Gasteiger partial charge in [0.1, 0.15) is 0 Å². The fourth-order valence-corrected chi connectivity index (χ4v) is 3.42. The van der Waals surface area contributed by atoms with E-state index in [0.29, 0.717) is 12.1 Å². The van der Waals surface area contributed by atoms with Crippen molar-refractivity contribution in [3.05, 3.63) is 34.9 Å². The molecule has 19 heavy (non-hydrogen) atoms. The van der Waals surface area contributed by atoms with Gasteiger partial charge in [0.05, 0.1) is 5.60 Å². The van der Waals surface area contributed by atoms with Crippen LogP contribution in [-0.4, -0.2) is 18.2 Å². The molecule has 1 N–H and O–H groups in total. The highest BCUT2D eigenvalue weighted by Gasteiger charge is 2.42. The van der Waals surface area contributed by atoms with Gasteiger partial charge >= 0.3 is 0 Å². The van der Waals surface area contributed by atoms with Gasteiger partial charge in [-0.05, 0) is 56.7 Å². The summed E-state index contributed by atoms with van der Waals surface area (Å²) >= 11 is 5.94. The van der Waals surface area contributed by atoms with Crippen molar-refractivity contribution in [1.29, 1.82) is 0 Å². The van der Waals surface area contributed by atoms with Gasteiger partial charge in [-0.2, -0.15) is 0 Å². The molecule has 2 unspecified atom stereocenters. The fraction of sp³-hybridized carbons (Fsp3) is 0.625. The molecule has 1 aromatic carbocycles. The minimum absolute atomic E-state index is 0.218. The molecular weight excluding hydrogens is 258 g/mol. The van der Waals surface area contributed by atoms with Crippen LogP contribution in [0.15, 0.2) is 24.3 Å². The second-order valence-corrected chi connectivity index (χ2v) is 6.45. The molecule has 2 fully saturated rings. The number of benzene rings is 1. The minimum Gasteiger partial charge on any atom is -0.375 e. The maximum absolute atomic E-state index is 5.98. The lowest BCUT2D eigenvalue weighted by molar-refractivity contribution is -0.136. The Labute approximate surface area is 120 Å². The number of hydrogen-bond donors (Lipinski definition) is 1. The van der Waals surface area contributed by atoms with Crippen molar-refractivity contribution in [2.45, 2.75) is 56.7 Å². The van der Waals surface area contributed by atoms with Gasteiger partial charge in [-0.25, -0.2) is 0 Å². The maximum Gasteiger partial charge on any atom is 0.0697 e. The summed E-state index contributed by atoms with van der Waals surface area (Å²) in [5.74, 6) is 0. The van der Waals surface area contributed by atoms with Crippen molar-refractivity contribution in [2.24, 2.45) is 0 Å². The van der Waals surface area contributed by atoms with Crippen LogP contribution >= 0.6 is 11.6 Å². The van der Waals surface area contributed by atoms with E-state index in [-0.39, 0.29) is 5.60 Å². The SMILES string of the molecule is CC(NC1CCOC2(CCC2)C1)c1ccc(Cl)cc1. The van der Waals surface area contributed by atoms with Gasteiger partial charge in [0, 0.05) is 23.7 Å². The number of hydrogen-bond acceptors (Lipinski definition) is 2. The molecule has 1 aromatic rings. The number of ether oxygens (including phenoxy) is 1. The molecule has 1 aliphatic carbocycles. The molecule has 104 valence electrons. The van der Waals surface area contributed by atoms with Crippen LogP contribution in [0.4, 0.5) is 0 Å². The fourth-order valence-electron chi connectivity index (χ4n) is 3.29. The van der Waals surface area contributed by atoms with E-state index in [1.54, 1.807) is 0 Å². The van der Waals surface area contributed by atoms with E-state index in [1.807, 2.05) is 12.1 Å². The summed E-state index contributed by atoms with van der Waals surface area (Å²) < 4.78 is 5.98. The van der Waals surface area contributed by atoms with E-state index in [0.717, 1.165) is 18.1 Å². The van der Waals surface area contributed by atoms with E-state index in [1.165, 1.54) is 31.2 Å². The Morgan fingerprint density at radius 2 is 2.05 bits per heavy atom. The lowest BCUT2D eigenvalue weighted by atomic mass is 9.74. The molecule has 3 heteroatoms. The van der Waals surface area contributed by atoms with Crippen molar-refractivity contribution in [2.75, 3.05) is 6.61 Å². The topological polar surface area (TPSA) is 21.3 Å². The van der Waals surface area contributed by atoms with Crippen molar-refractivity contribution in [1.82, 2.24) is 5.32 Å². The Hall–Kier alpha value is -0.570. The van der Waals surface area contributed by atoms with Crippen LogP contribution in [0.25, 0.3) is 0 Å². The van der Waals surface area contributed by atoms with Crippen molar-refractivity contribution >= 4 is 11.6 Å². The molecule has 1 spiro atoms. The van der Waals surface area contributed by atoms with Crippen LogP contribution in [0.1, 0.15) is 50.6 Å². The van der Waals surface area contributed by atoms with Crippen molar-refractivity contribution < 1.29 is 4.74 Å². The summed E-state index contributed by atoms with van der Waals surface area (Å²) in [5.41, 5.74) is 1.52. The van der Waals surface area contributed by atoms with E-state index >= 15 is 0 Å². The van der Waals surface area contributed by atoms with E-state index in [9.17, 15) is 0 Å². The molecule has 1 saturated carbocycles. The third-order valence-corrected chi connectivity index (χ3v) is 4.87. The Balaban J connectivity index is 1.59. The van der Waals surface area contributed by atoms with Gasteiger partial charge in [0.25, 0.3) is 0 Å². The minimum atomic E-state index is 0.218. The Morgan fingerprint density at radius 3 is 2.68 bits per heavy atom. The normalized spacial score (nSPS) is 26.9. The van der Waals surface area contributed by atoms with Gasteiger partial charge < -0.3 is 10.1 Å². The largest absolute Gasteiger partial charge is 0.375 e. The predicted octanol–water partition coefficient (Wildman–Crippen LogP) is 4.09. The maximum atomic E-state index is 5.98. The molecule has 0 amide bonds. The quantitative estimate of drug-likeness (QED) is 0.900. The number of halogens is 1. The first-order valence-electron chi connectivity index (χ1n) is 7.32. The zero-order chi connectivity index (χ0) is 13.3. The van der Waals surface area contributed by atoms with Crippen molar-refractivity contribution in [3.63, 3.8) is 0 Å². The zero-order valence-corrected chi connectivity index (χ0v) is 12.2. The molecule has 1 saturated heterocycles. The van der Waals surface area contributed by atoms with E-state index < -0.39 is 0 Å². The van der Waals surface area contributed by atoms with Crippen LogP contribution in [-0.2, 0) is 4.74 Å². The van der Waals surface area contributed by atoms with Gasteiger partial charge in [-0.15, -0.1) is 0 Å². The third kappa shape index (κ3) is 2.96. The Kier molecular flexibility index (Phi) is 3.84. The first kappa shape index (κ1) is 13.4. The average molecular weight is 280 g/mol. The summed E-state index contributed by atoms with van der Waals surface area (Å²) in [6.45, 7) is 3.14. The Morgan fingerprint density at radius 1 is 1.32 bits per heavy atom. The highest BCUT2D eigenvalue weighted by Crippen LogP contribution is 2.42. The molecule has 2 nitrogen and oxygen atoms in total. The first-order valence-corrected chi connectivity index (χ1v) is 7.70. The highest BCUT2D eigenvalue weighted by molar-refractivity contribution is 6.30. The third-order valence-electron chi connectivity index (χ3n) is 4.61. The highest BCUT2D eigenvalue weighted by atomic mass is 35.5. The number of rotatable bonds is 3. The molecule has 0 bridgehead atoms. The van der Waals surface area contributed by atoms with Crippen LogP contribution in [0.5, 0.6) is 0 Å². The molecule has 2 aliphatic rings. The summed E-state index contributed by atoms with van der Waals surface area (Å²) in [6, 6.07) is 9.10. The van der Waals surface area contributed by atoms with E-state index in [4.69, 9.17) is 16.3 Å². The van der Waals surface area contributed by atoms with Gasteiger partial charge in [-0.3, -0.25) is 0 Å². The first-order chi connectivity index (χ1) is 9.17. The van der Waals surface area contributed by atoms with Gasteiger partial charge in [0.2, 0.25) is 0 Å². The smallest absolute Gasteiger partial charge is 0.0697 e. The predicted molar refractivity (Wildman–Crippen MR) is 78.6 cm³/mol. The average Bonchev–Trinajstić information content (AvgIpc) is 2.38. The zero-order valence-electron chi connectivity index (χ0n) is 11.5. The van der Waals surface area contributed by atoms with Crippen LogP contribution in [0, 0.1) is 0 Å². The van der Waals surface area contributed by atoms with Crippen LogP contribution in [0.3, 0.4) is 0 Å². The second-order valence-electron chi connectivity index (χ2n) is 6.01. The molecule has 1 aliphatic heterocycles. The molecule has 0 aromatic heterocycles. The second kappa shape index (κ2) is 5.43. The summed E-state index contributed by atoms with van der Waals surface area (Å²) in [7, 11) is 0. The van der Waals surface area contributed by atoms with E-state index in [2.05, 4.69) is 24.4 Å². The van der Waals surface area contributed by atoms with Crippen LogP contribution < -0.4 is 5.32 Å². The number of nitrogens with one attached hydrogen (secondary N) is 1. The van der Waals surface area contributed by atoms with Gasteiger partial charge in [0.15, 0.2) is 0 Å². The monoisotopic (exact) mass is 279 g/mol. The molecule has 2 atom stereocenters. The summed E-state index contributed by atoms with van der Waals surface area (Å²) in [6.07, 6.45) is 6.13. The molecule has 0 radical (unpaired) electrons.